The van der Waals surface area contributed by atoms with E-state index in [-0.39, 0.29) is 44.7 Å². The largest absolute Gasteiger partial charge is 0.478 e. The molecule has 6 nitrogen and oxygen atoms in total. The fourth-order valence-corrected chi connectivity index (χ4v) is 7.58. The molecule has 0 amide bonds. The Labute approximate surface area is 214 Å². The van der Waals surface area contributed by atoms with Crippen LogP contribution in [0.4, 0.5) is 11.4 Å². The molecule has 3 aromatic carbocycles. The summed E-state index contributed by atoms with van der Waals surface area (Å²) in [7, 11) is 0. The molecule has 5 atom stereocenters. The summed E-state index contributed by atoms with van der Waals surface area (Å²) >= 11 is 12.1. The highest BCUT2D eigenvalue weighted by molar-refractivity contribution is 9.10. The molecule has 5 rings (SSSR count). The normalized spacial score (nSPS) is 25.2. The van der Waals surface area contributed by atoms with Gasteiger partial charge >= 0.3 is 5.97 Å². The van der Waals surface area contributed by atoms with Crippen LogP contribution in [0.1, 0.15) is 39.9 Å². The van der Waals surface area contributed by atoms with Crippen molar-refractivity contribution in [1.29, 1.82) is 0 Å². The van der Waals surface area contributed by atoms with Crippen molar-refractivity contribution in [3.8, 4) is 0 Å². The van der Waals surface area contributed by atoms with E-state index >= 15 is 0 Å². The minimum Gasteiger partial charge on any atom is -0.478 e. The van der Waals surface area contributed by atoms with Crippen LogP contribution in [-0.2, 0) is 0 Å². The lowest BCUT2D eigenvalue weighted by molar-refractivity contribution is -0.387. The third-order valence-electron chi connectivity index (χ3n) is 6.63. The molecule has 2 N–H and O–H groups in total. The van der Waals surface area contributed by atoms with Gasteiger partial charge in [0.05, 0.1) is 32.5 Å². The van der Waals surface area contributed by atoms with E-state index in [2.05, 4.69) is 21.2 Å². The third kappa shape index (κ3) is 4.08. The van der Waals surface area contributed by atoms with Crippen LogP contribution in [0.5, 0.6) is 0 Å². The van der Waals surface area contributed by atoms with Gasteiger partial charge in [0.1, 0.15) is 0 Å². The molecular formula is C25H20BrClN2O4S. The molecule has 3 aromatic rings. The Kier molecular flexibility index (Phi) is 6.31. The summed E-state index contributed by atoms with van der Waals surface area (Å²) in [5, 5.41) is 24.5. The summed E-state index contributed by atoms with van der Waals surface area (Å²) in [5.74, 6) is -0.999. The van der Waals surface area contributed by atoms with Crippen molar-refractivity contribution in [3.63, 3.8) is 0 Å². The van der Waals surface area contributed by atoms with Crippen LogP contribution in [0.15, 0.2) is 76.1 Å². The number of alkyl halides is 1. The topological polar surface area (TPSA) is 92.5 Å². The molecule has 2 aliphatic rings. The zero-order valence-corrected chi connectivity index (χ0v) is 20.9. The number of fused-ring (bicyclic) bond motifs is 3. The number of nitrogens with one attached hydrogen (secondary N) is 1. The second-order valence-corrected chi connectivity index (χ2v) is 11.2. The van der Waals surface area contributed by atoms with Crippen molar-refractivity contribution < 1.29 is 14.8 Å². The number of anilines is 1. The summed E-state index contributed by atoms with van der Waals surface area (Å²) in [6.45, 7) is 0. The van der Waals surface area contributed by atoms with Gasteiger partial charge in [-0.25, -0.2) is 4.79 Å². The highest BCUT2D eigenvalue weighted by Crippen LogP contribution is 2.58. The van der Waals surface area contributed by atoms with Gasteiger partial charge in [0, 0.05) is 21.7 Å². The molecule has 1 heterocycles. The number of rotatable bonds is 5. The van der Waals surface area contributed by atoms with Gasteiger partial charge in [-0.1, -0.05) is 52.3 Å². The Morgan fingerprint density at radius 2 is 1.91 bits per heavy atom. The number of nitro benzene ring substituents is 1. The maximum atomic E-state index is 12.0. The number of carboxylic acids is 1. The van der Waals surface area contributed by atoms with Crippen LogP contribution >= 0.6 is 39.3 Å². The summed E-state index contributed by atoms with van der Waals surface area (Å²) < 4.78 is 0.937. The molecule has 1 aliphatic carbocycles. The molecule has 34 heavy (non-hydrogen) atoms. The Balaban J connectivity index is 1.58. The van der Waals surface area contributed by atoms with Gasteiger partial charge in [0.2, 0.25) is 0 Å². The van der Waals surface area contributed by atoms with Gasteiger partial charge in [0.15, 0.2) is 0 Å². The number of thioether (sulfide) groups is 1. The minimum absolute atomic E-state index is 0.0708. The fraction of sp³-hybridized carbons (Fsp3) is 0.240. The standard InChI is InChI=1S/C25H20BrClN2O4S/c26-14-6-3-5-13(11-14)23-17-12-20(34-19-10-2-1-9-18(19)29(32)33)22(27)21(17)15-7-4-8-16(25(30)31)24(15)28-23/h1-11,17,20-23,28H,12H2,(H,30,31)/t17-,20+,21+,22+,23-/m1/s1. The van der Waals surface area contributed by atoms with E-state index in [0.29, 0.717) is 10.6 Å². The predicted molar refractivity (Wildman–Crippen MR) is 137 cm³/mol. The number of para-hydroxylation sites is 2. The molecule has 0 radical (unpaired) electrons. The van der Waals surface area contributed by atoms with E-state index < -0.39 is 5.97 Å². The number of nitro groups is 1. The van der Waals surface area contributed by atoms with E-state index in [4.69, 9.17) is 11.6 Å². The van der Waals surface area contributed by atoms with Crippen LogP contribution < -0.4 is 5.32 Å². The molecule has 174 valence electrons. The van der Waals surface area contributed by atoms with E-state index in [1.807, 2.05) is 30.3 Å². The van der Waals surface area contributed by atoms with E-state index in [1.54, 1.807) is 30.3 Å². The average molecular weight is 560 g/mol. The average Bonchev–Trinajstić information content (AvgIpc) is 3.14. The molecule has 1 fully saturated rings. The predicted octanol–water partition coefficient (Wildman–Crippen LogP) is 7.09. The Bertz CT molecular complexity index is 1290. The van der Waals surface area contributed by atoms with Crippen molar-refractivity contribution in [2.45, 2.75) is 33.9 Å². The first kappa shape index (κ1) is 23.2. The molecule has 1 saturated carbocycles. The first-order valence-electron chi connectivity index (χ1n) is 10.8. The first-order chi connectivity index (χ1) is 16.3. The first-order valence-corrected chi connectivity index (χ1v) is 12.9. The van der Waals surface area contributed by atoms with Crippen molar-refractivity contribution >= 4 is 56.6 Å². The summed E-state index contributed by atoms with van der Waals surface area (Å²) in [4.78, 5) is 23.8. The van der Waals surface area contributed by atoms with Gasteiger partial charge < -0.3 is 10.4 Å². The molecule has 9 heteroatoms. The monoisotopic (exact) mass is 558 g/mol. The van der Waals surface area contributed by atoms with Gasteiger partial charge in [-0.15, -0.1) is 23.4 Å². The van der Waals surface area contributed by atoms with Crippen LogP contribution in [0.25, 0.3) is 0 Å². The number of nitrogens with zero attached hydrogens (tertiary/aromatic N) is 1. The highest BCUT2D eigenvalue weighted by atomic mass is 79.9. The quantitative estimate of drug-likeness (QED) is 0.197. The molecule has 0 unspecified atom stereocenters. The van der Waals surface area contributed by atoms with Crippen molar-refractivity contribution in [3.05, 3.63) is 98.0 Å². The molecule has 0 saturated heterocycles. The Morgan fingerprint density at radius 1 is 1.15 bits per heavy atom. The zero-order chi connectivity index (χ0) is 24.0. The molecule has 0 aromatic heterocycles. The van der Waals surface area contributed by atoms with Crippen molar-refractivity contribution in [2.75, 3.05) is 5.32 Å². The maximum absolute atomic E-state index is 12.0. The van der Waals surface area contributed by atoms with Gasteiger partial charge in [-0.3, -0.25) is 10.1 Å². The van der Waals surface area contributed by atoms with Gasteiger partial charge in [0.25, 0.3) is 5.69 Å². The second kappa shape index (κ2) is 9.24. The minimum atomic E-state index is -0.995. The zero-order valence-electron chi connectivity index (χ0n) is 17.7. The molecule has 1 aliphatic heterocycles. The summed E-state index contributed by atoms with van der Waals surface area (Å²) in [6, 6.07) is 19.8. The number of hydrogen-bond acceptors (Lipinski definition) is 5. The lowest BCUT2D eigenvalue weighted by Gasteiger charge is -2.39. The van der Waals surface area contributed by atoms with Crippen LogP contribution in [0.2, 0.25) is 0 Å². The fourth-order valence-electron chi connectivity index (χ4n) is 5.22. The van der Waals surface area contributed by atoms with E-state index in [0.717, 1.165) is 22.0 Å². The van der Waals surface area contributed by atoms with Crippen LogP contribution in [0, 0.1) is 16.0 Å². The van der Waals surface area contributed by atoms with Crippen LogP contribution in [-0.4, -0.2) is 26.6 Å². The summed E-state index contributed by atoms with van der Waals surface area (Å²) in [5.41, 5.74) is 2.82. The molecular weight excluding hydrogens is 540 g/mol. The third-order valence-corrected chi connectivity index (χ3v) is 9.23. The number of carbonyl (C=O) groups is 1. The number of carboxylic acid groups (broad SMARTS) is 1. The molecule has 0 bridgehead atoms. The summed E-state index contributed by atoms with van der Waals surface area (Å²) in [6.07, 6.45) is 0.733. The number of aromatic carboxylic acids is 1. The number of benzene rings is 3. The van der Waals surface area contributed by atoms with Crippen molar-refractivity contribution in [1.82, 2.24) is 0 Å². The maximum Gasteiger partial charge on any atom is 0.337 e. The van der Waals surface area contributed by atoms with Crippen molar-refractivity contribution in [2.24, 2.45) is 5.92 Å². The lowest BCUT2D eigenvalue weighted by Crippen LogP contribution is -2.32. The van der Waals surface area contributed by atoms with E-state index in [9.17, 15) is 20.0 Å². The smallest absolute Gasteiger partial charge is 0.337 e. The second-order valence-electron chi connectivity index (χ2n) is 8.50. The highest BCUT2D eigenvalue weighted by Gasteiger charge is 2.51. The van der Waals surface area contributed by atoms with Crippen LogP contribution in [0.3, 0.4) is 0 Å². The number of halogens is 2. The Morgan fingerprint density at radius 3 is 2.65 bits per heavy atom. The van der Waals surface area contributed by atoms with Gasteiger partial charge in [-0.2, -0.15) is 0 Å². The van der Waals surface area contributed by atoms with E-state index in [1.165, 1.54) is 17.8 Å². The number of hydrogen-bond donors (Lipinski definition) is 2. The lowest BCUT2D eigenvalue weighted by atomic mass is 9.76. The van der Waals surface area contributed by atoms with Gasteiger partial charge in [-0.05, 0) is 47.7 Å². The Hall–Kier alpha value is -2.55. The SMILES string of the molecule is O=C(O)c1cccc2c1N[C@H](c1cccc(Br)c1)[C@@H]1C[C@H](Sc3ccccc3[N+](=O)[O-])[C@H](Cl)[C@@H]21. The molecule has 0 spiro atoms.